The van der Waals surface area contributed by atoms with Crippen LogP contribution in [-0.4, -0.2) is 48.3 Å². The third-order valence-electron chi connectivity index (χ3n) is 10.5. The number of rotatable bonds is 6. The number of ether oxygens (including phenoxy) is 1. The number of amides is 6. The Morgan fingerprint density at radius 1 is 0.351 bits per heavy atom. The number of para-hydroxylation sites is 1. The average molecular weight is 1060 g/mol. The zero-order valence-electron chi connectivity index (χ0n) is 50.4. The maximum atomic E-state index is 11.9. The van der Waals surface area contributed by atoms with Gasteiger partial charge in [0.05, 0.1) is 0 Å². The molecule has 13 nitrogen and oxygen atoms in total. The van der Waals surface area contributed by atoms with E-state index in [9.17, 15) is 28.8 Å². The van der Waals surface area contributed by atoms with E-state index in [2.05, 4.69) is 26.6 Å². The monoisotopic (exact) mass is 1060 g/mol. The minimum absolute atomic E-state index is 0.0429. The van der Waals surface area contributed by atoms with Gasteiger partial charge in [0, 0.05) is 68.2 Å². The molecule has 0 spiro atoms. The van der Waals surface area contributed by atoms with Gasteiger partial charge in [-0.15, -0.1) is 0 Å². The zero-order valence-corrected chi connectivity index (χ0v) is 50.4. The van der Waals surface area contributed by atoms with Crippen molar-refractivity contribution in [2.75, 3.05) is 38.5 Å². The highest BCUT2D eigenvalue weighted by molar-refractivity contribution is 5.97. The lowest BCUT2D eigenvalue weighted by molar-refractivity contribution is -0.125. The molecule has 420 valence electrons. The number of hydrogen-bond acceptors (Lipinski definition) is 7. The SMILES string of the molecule is CC(C)(C)OC(=O)Nc1ccc(NC(=O)C(C)(C)C)cc1.CN(C(=O)C(C)(C)C)c1ccccc1.Cc1ccc(NC(=O)C(C)(C)C)cc1.Cc1ccc(NC(=O)C(C)(C)C)cc1.Cc1cccc(NC(=O)C(C)(C)C)c1. The first-order valence-electron chi connectivity index (χ1n) is 26.0. The predicted molar refractivity (Wildman–Crippen MR) is 321 cm³/mol. The maximum Gasteiger partial charge on any atom is 0.412 e. The third-order valence-corrected chi connectivity index (χ3v) is 10.5. The van der Waals surface area contributed by atoms with Crippen LogP contribution in [0.2, 0.25) is 0 Å². The molecule has 13 heteroatoms. The minimum Gasteiger partial charge on any atom is -0.444 e. The molecule has 0 atom stereocenters. The first-order valence-corrected chi connectivity index (χ1v) is 26.0. The van der Waals surface area contributed by atoms with Crippen molar-refractivity contribution in [3.05, 3.63) is 144 Å². The molecular formula is C64H92N6O7. The number of nitrogens with one attached hydrogen (secondary N) is 5. The fourth-order valence-electron chi connectivity index (χ4n) is 5.60. The van der Waals surface area contributed by atoms with Crippen LogP contribution in [0, 0.1) is 47.8 Å². The van der Waals surface area contributed by atoms with E-state index in [1.807, 2.05) is 235 Å². The molecule has 77 heavy (non-hydrogen) atoms. The van der Waals surface area contributed by atoms with Crippen LogP contribution < -0.4 is 31.5 Å². The van der Waals surface area contributed by atoms with Crippen LogP contribution in [0.1, 0.15) is 141 Å². The summed E-state index contributed by atoms with van der Waals surface area (Å²) in [7, 11) is 1.81. The first kappa shape index (κ1) is 67.7. The summed E-state index contributed by atoms with van der Waals surface area (Å²) in [5, 5.41) is 14.1. The lowest BCUT2D eigenvalue weighted by atomic mass is 9.95. The van der Waals surface area contributed by atoms with Crippen LogP contribution >= 0.6 is 0 Å². The zero-order chi connectivity index (χ0) is 59.3. The van der Waals surface area contributed by atoms with E-state index in [0.717, 1.165) is 28.3 Å². The number of benzene rings is 5. The highest BCUT2D eigenvalue weighted by atomic mass is 16.6. The average Bonchev–Trinajstić information content (AvgIpc) is 3.29. The molecule has 0 radical (unpaired) electrons. The van der Waals surface area contributed by atoms with Crippen molar-refractivity contribution in [3.8, 4) is 0 Å². The van der Waals surface area contributed by atoms with E-state index in [0.29, 0.717) is 11.4 Å². The van der Waals surface area contributed by atoms with E-state index in [4.69, 9.17) is 4.74 Å². The Labute approximate surface area is 462 Å². The van der Waals surface area contributed by atoms with Gasteiger partial charge in [0.1, 0.15) is 5.60 Å². The topological polar surface area (TPSA) is 175 Å². The summed E-state index contributed by atoms with van der Waals surface area (Å²) >= 11 is 0. The van der Waals surface area contributed by atoms with Crippen LogP contribution in [0.3, 0.4) is 0 Å². The molecule has 5 N–H and O–H groups in total. The fourth-order valence-corrected chi connectivity index (χ4v) is 5.60. The van der Waals surface area contributed by atoms with E-state index in [-0.39, 0.29) is 51.2 Å². The van der Waals surface area contributed by atoms with Crippen molar-refractivity contribution in [3.63, 3.8) is 0 Å². The van der Waals surface area contributed by atoms with E-state index in [1.165, 1.54) is 11.1 Å². The molecule has 0 heterocycles. The Hall–Kier alpha value is -7.28. The Balaban J connectivity index is 0.000000487. The van der Waals surface area contributed by atoms with Gasteiger partial charge in [0.25, 0.3) is 0 Å². The molecule has 0 aliphatic carbocycles. The molecule has 5 aromatic rings. The number of anilines is 6. The second kappa shape index (κ2) is 29.3. The number of carbonyl (C=O) groups is 6. The van der Waals surface area contributed by atoms with Crippen LogP contribution in [0.15, 0.2) is 127 Å². The normalized spacial score (nSPS) is 11.3. The van der Waals surface area contributed by atoms with Gasteiger partial charge in [0.2, 0.25) is 29.5 Å². The van der Waals surface area contributed by atoms with Gasteiger partial charge < -0.3 is 30.9 Å². The highest BCUT2D eigenvalue weighted by Crippen LogP contribution is 2.24. The van der Waals surface area contributed by atoms with Crippen molar-refractivity contribution in [1.82, 2.24) is 0 Å². The van der Waals surface area contributed by atoms with E-state index >= 15 is 0 Å². The Bertz CT molecular complexity index is 2590. The highest BCUT2D eigenvalue weighted by Gasteiger charge is 2.26. The Kier molecular flexibility index (Phi) is 25.8. The van der Waals surface area contributed by atoms with Gasteiger partial charge in [-0.25, -0.2) is 4.79 Å². The van der Waals surface area contributed by atoms with Gasteiger partial charge in [-0.2, -0.15) is 0 Å². The summed E-state index contributed by atoms with van der Waals surface area (Å²) in [5.41, 5.74) is 6.00. The van der Waals surface area contributed by atoms with Crippen LogP contribution in [0.25, 0.3) is 0 Å². The van der Waals surface area contributed by atoms with Gasteiger partial charge >= 0.3 is 6.09 Å². The summed E-state index contributed by atoms with van der Waals surface area (Å²) in [6, 6.07) is 40.0. The van der Waals surface area contributed by atoms with Crippen molar-refractivity contribution in [1.29, 1.82) is 0 Å². The molecule has 0 bridgehead atoms. The number of nitrogens with zero attached hydrogens (tertiary/aromatic N) is 1. The third kappa shape index (κ3) is 28.4. The summed E-state index contributed by atoms with van der Waals surface area (Å²) in [6.45, 7) is 39.9. The van der Waals surface area contributed by atoms with E-state index in [1.54, 1.807) is 49.9 Å². The molecule has 6 amide bonds. The Morgan fingerprint density at radius 2 is 0.662 bits per heavy atom. The van der Waals surface area contributed by atoms with Crippen molar-refractivity contribution >= 4 is 69.8 Å². The van der Waals surface area contributed by atoms with E-state index < -0.39 is 17.1 Å². The molecule has 0 aliphatic heterocycles. The van der Waals surface area contributed by atoms with Crippen molar-refractivity contribution in [2.24, 2.45) is 27.1 Å². The van der Waals surface area contributed by atoms with Crippen molar-refractivity contribution in [2.45, 2.75) is 151 Å². The lowest BCUT2D eigenvalue weighted by Crippen LogP contribution is -2.36. The summed E-state index contributed by atoms with van der Waals surface area (Å²) in [6.07, 6.45) is -0.506. The second-order valence-corrected chi connectivity index (χ2v) is 25.1. The maximum absolute atomic E-state index is 11.9. The molecule has 0 fully saturated rings. The van der Waals surface area contributed by atoms with Gasteiger partial charge in [0.15, 0.2) is 0 Å². The van der Waals surface area contributed by atoms with Gasteiger partial charge in [-0.05, 0) is 120 Å². The van der Waals surface area contributed by atoms with Gasteiger partial charge in [-0.3, -0.25) is 29.3 Å². The molecular weight excluding hydrogens is 965 g/mol. The minimum atomic E-state index is -0.537. The molecule has 5 aromatic carbocycles. The standard InChI is InChI=1S/C16H24N2O3.4C12H17NO/c1-15(2,3)13(19)17-11-7-9-12(10-8-11)18-14(20)21-16(4,5)6;2*1-9-5-7-10(8-6-9)13-11(14)12(2,3)4;1-9-6-5-7-10(8-9)13-11(14)12(2,3)4;1-12(2,3)11(14)13(4)10-8-6-5-7-9-10/h7-10H,1-6H3,(H,17,19)(H,18,20);3*5-8H,1-4H3,(H,13,14);5-9H,1-4H3. The van der Waals surface area contributed by atoms with Crippen LogP contribution in [0.5, 0.6) is 0 Å². The number of hydrogen-bond donors (Lipinski definition) is 5. The summed E-state index contributed by atoms with van der Waals surface area (Å²) in [5.74, 6) is 0.199. The molecule has 0 saturated carbocycles. The van der Waals surface area contributed by atoms with Crippen LogP contribution in [0.4, 0.5) is 38.9 Å². The summed E-state index contributed by atoms with van der Waals surface area (Å²) < 4.78 is 5.16. The van der Waals surface area contributed by atoms with Crippen molar-refractivity contribution < 1.29 is 33.5 Å². The molecule has 0 saturated heterocycles. The predicted octanol–water partition coefficient (Wildman–Crippen LogP) is 15.7. The van der Waals surface area contributed by atoms with Crippen LogP contribution in [-0.2, 0) is 28.7 Å². The molecule has 5 rings (SSSR count). The Morgan fingerprint density at radius 3 is 0.961 bits per heavy atom. The van der Waals surface area contributed by atoms with Gasteiger partial charge in [-0.1, -0.05) is 170 Å². The smallest absolute Gasteiger partial charge is 0.412 e. The molecule has 0 aromatic heterocycles. The second-order valence-electron chi connectivity index (χ2n) is 25.1. The molecule has 0 aliphatic rings. The number of carbonyl (C=O) groups excluding carboxylic acids is 6. The largest absolute Gasteiger partial charge is 0.444 e. The molecule has 0 unspecified atom stereocenters. The lowest BCUT2D eigenvalue weighted by Gasteiger charge is -2.25. The fraction of sp³-hybridized carbons (Fsp3) is 0.438. The number of aryl methyl sites for hydroxylation is 3. The quantitative estimate of drug-likeness (QED) is 0.112. The first-order chi connectivity index (χ1) is 35.1. The summed E-state index contributed by atoms with van der Waals surface area (Å²) in [4.78, 5) is 71.9.